The molecule has 3 fully saturated rings. The lowest BCUT2D eigenvalue weighted by atomic mass is 9.78. The number of allylic oxidation sites excluding steroid dienone is 1. The summed E-state index contributed by atoms with van der Waals surface area (Å²) in [4.78, 5) is 0. The van der Waals surface area contributed by atoms with Crippen molar-refractivity contribution < 1.29 is 4.74 Å². The van der Waals surface area contributed by atoms with E-state index < -0.39 is 0 Å². The Morgan fingerprint density at radius 1 is 1.39 bits per heavy atom. The number of methoxy groups -OCH3 is 1. The topological polar surface area (TPSA) is 9.23 Å². The van der Waals surface area contributed by atoms with Crippen LogP contribution < -0.4 is 0 Å². The third kappa shape index (κ3) is 1.23. The summed E-state index contributed by atoms with van der Waals surface area (Å²) < 4.78 is 5.87. The molecule has 0 aromatic heterocycles. The third-order valence-corrected chi connectivity index (χ3v) is 6.40. The van der Waals surface area contributed by atoms with E-state index in [4.69, 9.17) is 16.3 Å². The zero-order valence-corrected chi connectivity index (χ0v) is 11.8. The van der Waals surface area contributed by atoms with Crippen molar-refractivity contribution in [3.05, 3.63) is 22.8 Å². The van der Waals surface area contributed by atoms with Crippen LogP contribution in [0.2, 0.25) is 0 Å². The fourth-order valence-corrected chi connectivity index (χ4v) is 5.73. The molecule has 4 aliphatic rings. The maximum absolute atomic E-state index is 6.04. The minimum atomic E-state index is -0.139. The number of fused-ring (bicyclic) bond motifs is 3. The highest BCUT2D eigenvalue weighted by Crippen LogP contribution is 2.70. The summed E-state index contributed by atoms with van der Waals surface area (Å²) in [5, 5.41) is 0. The normalized spacial score (nSPS) is 51.4. The average molecular weight is 265 g/mol. The van der Waals surface area contributed by atoms with Gasteiger partial charge in [0.25, 0.3) is 0 Å². The molecule has 18 heavy (non-hydrogen) atoms. The first kappa shape index (κ1) is 11.5. The Kier molecular flexibility index (Phi) is 2.33. The Labute approximate surface area is 114 Å². The van der Waals surface area contributed by atoms with Gasteiger partial charge in [0, 0.05) is 12.6 Å². The lowest BCUT2D eigenvalue weighted by Gasteiger charge is -2.29. The Morgan fingerprint density at radius 2 is 2.22 bits per heavy atom. The van der Waals surface area contributed by atoms with Gasteiger partial charge in [-0.15, -0.1) is 0 Å². The molecule has 0 N–H and O–H groups in total. The molecule has 4 rings (SSSR count). The molecule has 0 saturated heterocycles. The van der Waals surface area contributed by atoms with Crippen LogP contribution in [0.3, 0.4) is 0 Å². The van der Waals surface area contributed by atoms with Gasteiger partial charge in [-0.05, 0) is 61.0 Å². The Morgan fingerprint density at radius 3 is 3.00 bits per heavy atom. The number of halogens is 1. The fraction of sp³-hybridized carbons (Fsp3) is 0.750. The van der Waals surface area contributed by atoms with Crippen LogP contribution in [-0.2, 0) is 4.74 Å². The zero-order chi connectivity index (χ0) is 12.4. The Balaban J connectivity index is 1.79. The second-order valence-electron chi connectivity index (χ2n) is 6.82. The minimum Gasteiger partial charge on any atom is -0.370 e. The summed E-state index contributed by atoms with van der Waals surface area (Å²) in [6, 6.07) is 0. The first-order valence-electron chi connectivity index (χ1n) is 7.31. The van der Waals surface area contributed by atoms with Gasteiger partial charge in [0.15, 0.2) is 0 Å². The largest absolute Gasteiger partial charge is 0.370 e. The molecule has 2 bridgehead atoms. The van der Waals surface area contributed by atoms with Gasteiger partial charge in [0.2, 0.25) is 0 Å². The summed E-state index contributed by atoms with van der Waals surface area (Å²) in [7, 11) is 1.84. The molecule has 0 radical (unpaired) electrons. The molecule has 3 saturated carbocycles. The lowest BCUT2D eigenvalue weighted by molar-refractivity contribution is 0.0646. The predicted molar refractivity (Wildman–Crippen MR) is 73.5 cm³/mol. The second kappa shape index (κ2) is 3.64. The van der Waals surface area contributed by atoms with E-state index in [0.29, 0.717) is 5.41 Å². The molecule has 2 heteroatoms. The number of rotatable bonds is 1. The van der Waals surface area contributed by atoms with Crippen molar-refractivity contribution in [2.24, 2.45) is 17.3 Å². The zero-order valence-electron chi connectivity index (χ0n) is 11.0. The smallest absolute Gasteiger partial charge is 0.109 e. The van der Waals surface area contributed by atoms with Crippen molar-refractivity contribution >= 4 is 11.6 Å². The summed E-state index contributed by atoms with van der Waals surface area (Å²) >= 11 is 6.04. The SMILES string of the molecule is CO[C@]12C=C3[C@@H]4CCCC[C@@H]4C[C@@]3(C/C1=C\Cl)C2. The molecular formula is C16H21ClO. The first-order valence-corrected chi connectivity index (χ1v) is 7.75. The van der Waals surface area contributed by atoms with Crippen molar-refractivity contribution in [2.75, 3.05) is 7.11 Å². The van der Waals surface area contributed by atoms with Gasteiger partial charge >= 0.3 is 0 Å². The molecule has 0 aromatic carbocycles. The van der Waals surface area contributed by atoms with Crippen LogP contribution >= 0.6 is 11.6 Å². The Bertz CT molecular complexity index is 452. The average Bonchev–Trinajstić information content (AvgIpc) is 2.99. The summed E-state index contributed by atoms with van der Waals surface area (Å²) in [6.45, 7) is 0. The van der Waals surface area contributed by atoms with Crippen LogP contribution in [0.1, 0.15) is 44.9 Å². The molecule has 0 heterocycles. The highest BCUT2D eigenvalue weighted by atomic mass is 35.5. The van der Waals surface area contributed by atoms with Gasteiger partial charge in [-0.3, -0.25) is 0 Å². The van der Waals surface area contributed by atoms with Crippen LogP contribution in [0.15, 0.2) is 22.8 Å². The second-order valence-corrected chi connectivity index (χ2v) is 7.03. The van der Waals surface area contributed by atoms with Gasteiger partial charge < -0.3 is 4.74 Å². The molecule has 0 unspecified atom stereocenters. The van der Waals surface area contributed by atoms with E-state index in [2.05, 4.69) is 6.08 Å². The van der Waals surface area contributed by atoms with E-state index in [0.717, 1.165) is 24.7 Å². The van der Waals surface area contributed by atoms with Gasteiger partial charge in [0.1, 0.15) is 5.60 Å². The van der Waals surface area contributed by atoms with Crippen molar-refractivity contribution in [3.63, 3.8) is 0 Å². The number of hydrogen-bond donors (Lipinski definition) is 0. The molecule has 4 atom stereocenters. The molecule has 1 nitrogen and oxygen atoms in total. The monoisotopic (exact) mass is 264 g/mol. The highest BCUT2D eigenvalue weighted by Gasteiger charge is 2.63. The number of ether oxygens (including phenoxy) is 1. The maximum Gasteiger partial charge on any atom is 0.109 e. The highest BCUT2D eigenvalue weighted by molar-refractivity contribution is 6.25. The first-order chi connectivity index (χ1) is 8.73. The van der Waals surface area contributed by atoms with Crippen molar-refractivity contribution in [3.8, 4) is 0 Å². The maximum atomic E-state index is 6.04. The van der Waals surface area contributed by atoms with E-state index in [1.165, 1.54) is 37.7 Å². The quantitative estimate of drug-likeness (QED) is 0.637. The van der Waals surface area contributed by atoms with Crippen molar-refractivity contribution in [1.29, 1.82) is 0 Å². The van der Waals surface area contributed by atoms with E-state index in [1.54, 1.807) is 11.1 Å². The van der Waals surface area contributed by atoms with E-state index in [-0.39, 0.29) is 5.60 Å². The molecule has 4 aliphatic carbocycles. The van der Waals surface area contributed by atoms with Gasteiger partial charge in [-0.25, -0.2) is 0 Å². The molecule has 1 spiro atoms. The van der Waals surface area contributed by atoms with Crippen LogP contribution in [0.25, 0.3) is 0 Å². The number of hydrogen-bond acceptors (Lipinski definition) is 1. The van der Waals surface area contributed by atoms with Gasteiger partial charge in [0.05, 0.1) is 0 Å². The van der Waals surface area contributed by atoms with E-state index in [1.807, 2.05) is 7.11 Å². The summed E-state index contributed by atoms with van der Waals surface area (Å²) in [5.74, 6) is 1.82. The van der Waals surface area contributed by atoms with E-state index >= 15 is 0 Å². The Hall–Kier alpha value is -0.270. The standard InChI is InChI=1S/C16H21ClO/c1-18-16-8-14-13-5-3-2-4-11(13)6-15(14,10-16)7-12(16)9-17/h8-9,11,13H,2-7,10H2,1H3/b12-9+/t11-,13-,15-,16+/m1/s1. The van der Waals surface area contributed by atoms with Crippen LogP contribution in [-0.4, -0.2) is 12.7 Å². The van der Waals surface area contributed by atoms with Crippen LogP contribution in [0.4, 0.5) is 0 Å². The van der Waals surface area contributed by atoms with Crippen LogP contribution in [0.5, 0.6) is 0 Å². The third-order valence-electron chi connectivity index (χ3n) is 6.13. The lowest BCUT2D eigenvalue weighted by Crippen LogP contribution is -2.26. The summed E-state index contributed by atoms with van der Waals surface area (Å²) in [5.41, 5.74) is 5.13. The molecule has 98 valence electrons. The molecule has 0 amide bonds. The molecule has 0 aliphatic heterocycles. The van der Waals surface area contributed by atoms with Crippen LogP contribution in [0, 0.1) is 17.3 Å². The summed E-state index contributed by atoms with van der Waals surface area (Å²) in [6.07, 6.45) is 11.9. The van der Waals surface area contributed by atoms with E-state index in [9.17, 15) is 0 Å². The van der Waals surface area contributed by atoms with Gasteiger partial charge in [-0.1, -0.05) is 30.0 Å². The predicted octanol–water partition coefficient (Wildman–Crippen LogP) is 4.42. The van der Waals surface area contributed by atoms with Crippen molar-refractivity contribution in [2.45, 2.75) is 50.5 Å². The van der Waals surface area contributed by atoms with Crippen molar-refractivity contribution in [1.82, 2.24) is 0 Å². The fourth-order valence-electron chi connectivity index (χ4n) is 5.46. The molecular weight excluding hydrogens is 244 g/mol. The minimum absolute atomic E-state index is 0.139. The van der Waals surface area contributed by atoms with Gasteiger partial charge in [-0.2, -0.15) is 0 Å². The molecule has 0 aromatic rings.